The number of rotatable bonds is 5. The topological polar surface area (TPSA) is 95.6 Å². The van der Waals surface area contributed by atoms with Crippen LogP contribution < -0.4 is 5.56 Å². The summed E-state index contributed by atoms with van der Waals surface area (Å²) in [4.78, 5) is 48.9. The molecule has 0 spiro atoms. The molecule has 0 unspecified atom stereocenters. The van der Waals surface area contributed by atoms with Gasteiger partial charge in [0.1, 0.15) is 12.4 Å². The number of hydrogen-bond acceptors (Lipinski definition) is 5. The lowest BCUT2D eigenvalue weighted by Gasteiger charge is -2.34. The van der Waals surface area contributed by atoms with Gasteiger partial charge in [-0.1, -0.05) is 12.8 Å². The first kappa shape index (κ1) is 22.0. The van der Waals surface area contributed by atoms with Gasteiger partial charge in [-0.3, -0.25) is 14.4 Å². The molecule has 31 heavy (non-hydrogen) atoms. The van der Waals surface area contributed by atoms with Crippen LogP contribution in [0.2, 0.25) is 0 Å². The van der Waals surface area contributed by atoms with E-state index in [1.54, 1.807) is 6.07 Å². The number of nitrogens with zero attached hydrogens (tertiary/aromatic N) is 3. The number of hydrogen-bond donors (Lipinski definition) is 1. The Morgan fingerprint density at radius 2 is 1.77 bits per heavy atom. The van der Waals surface area contributed by atoms with Gasteiger partial charge in [-0.15, -0.1) is 0 Å². The van der Waals surface area contributed by atoms with Gasteiger partial charge in [0.15, 0.2) is 0 Å². The van der Waals surface area contributed by atoms with Gasteiger partial charge in [-0.2, -0.15) is 0 Å². The predicted molar refractivity (Wildman–Crippen MR) is 116 cm³/mol. The molecule has 3 heterocycles. The lowest BCUT2D eigenvalue weighted by atomic mass is 9.92. The molecule has 1 aromatic heterocycles. The molecule has 1 atom stereocenters. The molecule has 0 bridgehead atoms. The van der Waals surface area contributed by atoms with Crippen molar-refractivity contribution >= 4 is 11.8 Å². The summed E-state index contributed by atoms with van der Waals surface area (Å²) in [6.45, 7) is 2.87. The van der Waals surface area contributed by atoms with E-state index in [1.807, 2.05) is 9.80 Å². The van der Waals surface area contributed by atoms with Crippen molar-refractivity contribution in [3.05, 3.63) is 27.9 Å². The molecule has 1 aliphatic carbocycles. The molecule has 4 rings (SSSR count). The van der Waals surface area contributed by atoms with Gasteiger partial charge in [0.25, 0.3) is 5.56 Å². The zero-order valence-corrected chi connectivity index (χ0v) is 18.5. The third kappa shape index (κ3) is 5.17. The Bertz CT molecular complexity index is 840. The van der Waals surface area contributed by atoms with Crippen LogP contribution in [0.1, 0.15) is 74.7 Å². The molecule has 3 fully saturated rings. The van der Waals surface area contributed by atoms with Crippen molar-refractivity contribution < 1.29 is 14.3 Å². The van der Waals surface area contributed by atoms with Crippen molar-refractivity contribution in [2.75, 3.05) is 39.9 Å². The van der Waals surface area contributed by atoms with Crippen LogP contribution in [-0.2, 0) is 14.3 Å². The summed E-state index contributed by atoms with van der Waals surface area (Å²) in [5, 5.41) is 0. The Hall–Kier alpha value is -2.22. The van der Waals surface area contributed by atoms with Crippen molar-refractivity contribution in [1.29, 1.82) is 0 Å². The number of H-pyrrole nitrogens is 1. The van der Waals surface area contributed by atoms with Gasteiger partial charge in [0.2, 0.25) is 11.8 Å². The van der Waals surface area contributed by atoms with Gasteiger partial charge in [0, 0.05) is 57.1 Å². The van der Waals surface area contributed by atoms with E-state index in [0.29, 0.717) is 25.5 Å². The third-order valence-corrected chi connectivity index (χ3v) is 7.14. The van der Waals surface area contributed by atoms with E-state index in [0.717, 1.165) is 69.4 Å². The van der Waals surface area contributed by atoms with E-state index in [9.17, 15) is 14.4 Å². The normalized spacial score (nSPS) is 23.3. The largest absolute Gasteiger partial charge is 0.375 e. The monoisotopic (exact) mass is 430 g/mol. The van der Waals surface area contributed by atoms with E-state index in [-0.39, 0.29) is 35.8 Å². The van der Waals surface area contributed by atoms with Gasteiger partial charge >= 0.3 is 0 Å². The first-order valence-corrected chi connectivity index (χ1v) is 11.7. The molecule has 2 aliphatic heterocycles. The predicted octanol–water partition coefficient (Wildman–Crippen LogP) is 2.02. The van der Waals surface area contributed by atoms with Crippen LogP contribution in [-0.4, -0.2) is 71.5 Å². The van der Waals surface area contributed by atoms with E-state index in [2.05, 4.69) is 4.98 Å². The number of ether oxygens (including phenoxy) is 1. The maximum Gasteiger partial charge on any atom is 0.251 e. The van der Waals surface area contributed by atoms with Crippen LogP contribution in [0.4, 0.5) is 0 Å². The van der Waals surface area contributed by atoms with Crippen LogP contribution in [0.3, 0.4) is 0 Å². The Morgan fingerprint density at radius 1 is 1.03 bits per heavy atom. The molecule has 8 heteroatoms. The number of carbonyl (C=O) groups is 2. The minimum atomic E-state index is -0.128. The first-order chi connectivity index (χ1) is 15.0. The average molecular weight is 431 g/mol. The second kappa shape index (κ2) is 9.94. The number of likely N-dealkylation sites (tertiary alicyclic amines) is 2. The van der Waals surface area contributed by atoms with E-state index in [1.165, 1.54) is 7.11 Å². The van der Waals surface area contributed by atoms with Gasteiger partial charge in [0.05, 0.1) is 5.69 Å². The highest BCUT2D eigenvalue weighted by atomic mass is 16.5. The van der Waals surface area contributed by atoms with Crippen LogP contribution in [0, 0.1) is 5.92 Å². The SMILES string of the molecule is COCC(=O)N1CCC(c2nc([C@@H]3CCCN(C(=O)C4CCCC4)C3)cc(=O)[nH]2)CC1. The molecule has 170 valence electrons. The molecular weight excluding hydrogens is 396 g/mol. The molecule has 3 aliphatic rings. The average Bonchev–Trinajstić information content (AvgIpc) is 3.33. The molecule has 0 aromatic carbocycles. The van der Waals surface area contributed by atoms with Crippen molar-refractivity contribution in [1.82, 2.24) is 19.8 Å². The van der Waals surface area contributed by atoms with E-state index < -0.39 is 0 Å². The fourth-order valence-corrected chi connectivity index (χ4v) is 5.37. The van der Waals surface area contributed by atoms with E-state index >= 15 is 0 Å². The molecule has 2 saturated heterocycles. The smallest absolute Gasteiger partial charge is 0.251 e. The fraction of sp³-hybridized carbons (Fsp3) is 0.739. The lowest BCUT2D eigenvalue weighted by Crippen LogP contribution is -2.42. The van der Waals surface area contributed by atoms with Crippen LogP contribution in [0.15, 0.2) is 10.9 Å². The number of aromatic nitrogens is 2. The highest BCUT2D eigenvalue weighted by Gasteiger charge is 2.32. The summed E-state index contributed by atoms with van der Waals surface area (Å²) < 4.78 is 4.95. The Balaban J connectivity index is 1.42. The summed E-state index contributed by atoms with van der Waals surface area (Å²) in [5.41, 5.74) is 0.678. The first-order valence-electron chi connectivity index (χ1n) is 11.7. The van der Waals surface area contributed by atoms with E-state index in [4.69, 9.17) is 9.72 Å². The molecule has 8 nitrogen and oxygen atoms in total. The lowest BCUT2D eigenvalue weighted by molar-refractivity contribution is -0.137. The molecular formula is C23H34N4O4. The van der Waals surface area contributed by atoms with Crippen molar-refractivity contribution in [3.8, 4) is 0 Å². The summed E-state index contributed by atoms with van der Waals surface area (Å²) >= 11 is 0. The van der Waals surface area contributed by atoms with Crippen molar-refractivity contribution in [3.63, 3.8) is 0 Å². The van der Waals surface area contributed by atoms with Crippen LogP contribution in [0.5, 0.6) is 0 Å². The zero-order valence-electron chi connectivity index (χ0n) is 18.5. The van der Waals surface area contributed by atoms with Gasteiger partial charge in [-0.25, -0.2) is 4.98 Å². The minimum Gasteiger partial charge on any atom is -0.375 e. The van der Waals surface area contributed by atoms with Crippen molar-refractivity contribution in [2.45, 2.75) is 63.2 Å². The van der Waals surface area contributed by atoms with Gasteiger partial charge < -0.3 is 19.5 Å². The summed E-state index contributed by atoms with van der Waals surface area (Å²) in [5.74, 6) is 1.46. The standard InChI is InChI=1S/C23H34N4O4/c1-31-15-21(29)26-11-8-16(9-12-26)22-24-19(13-20(28)25-22)18-7-4-10-27(14-18)23(30)17-5-2-3-6-17/h13,16-18H,2-12,14-15H2,1H3,(H,24,25,28)/t18-/m1/s1. The summed E-state index contributed by atoms with van der Waals surface area (Å²) in [6.07, 6.45) is 7.79. The van der Waals surface area contributed by atoms with Crippen LogP contribution >= 0.6 is 0 Å². The second-order valence-electron chi connectivity index (χ2n) is 9.25. The number of carbonyl (C=O) groups excluding carboxylic acids is 2. The summed E-state index contributed by atoms with van der Waals surface area (Å²) in [7, 11) is 1.53. The molecule has 1 saturated carbocycles. The molecule has 0 radical (unpaired) electrons. The number of methoxy groups -OCH3 is 1. The number of aromatic amines is 1. The number of nitrogens with one attached hydrogen (secondary N) is 1. The highest BCUT2D eigenvalue weighted by Crippen LogP contribution is 2.32. The Kier molecular flexibility index (Phi) is 7.05. The third-order valence-electron chi connectivity index (χ3n) is 7.14. The summed E-state index contributed by atoms with van der Waals surface area (Å²) in [6, 6.07) is 1.61. The minimum absolute atomic E-state index is 0.00498. The Labute approximate surface area is 183 Å². The quantitative estimate of drug-likeness (QED) is 0.771. The molecule has 2 amide bonds. The fourth-order valence-electron chi connectivity index (χ4n) is 5.37. The maximum absolute atomic E-state index is 12.9. The second-order valence-corrected chi connectivity index (χ2v) is 9.25. The maximum atomic E-state index is 12.9. The molecule has 1 N–H and O–H groups in total. The molecule has 1 aromatic rings. The van der Waals surface area contributed by atoms with Crippen LogP contribution in [0.25, 0.3) is 0 Å². The zero-order chi connectivity index (χ0) is 21.8. The number of amides is 2. The van der Waals surface area contributed by atoms with Crippen molar-refractivity contribution in [2.24, 2.45) is 5.92 Å². The van der Waals surface area contributed by atoms with Gasteiger partial charge in [-0.05, 0) is 38.5 Å². The highest BCUT2D eigenvalue weighted by molar-refractivity contribution is 5.79. The number of piperidine rings is 2. The Morgan fingerprint density at radius 3 is 2.48 bits per heavy atom.